The molecule has 0 aliphatic rings. The summed E-state index contributed by atoms with van der Waals surface area (Å²) in [5, 5.41) is 1.13. The minimum absolute atomic E-state index is 1.01. The topological polar surface area (TPSA) is 12.9 Å². The molecule has 0 spiro atoms. The van der Waals surface area contributed by atoms with Gasteiger partial charge in [0.2, 0.25) is 0 Å². The third-order valence-corrected chi connectivity index (χ3v) is 2.63. The van der Waals surface area contributed by atoms with Crippen LogP contribution in [0.25, 0.3) is 10.9 Å². The highest BCUT2D eigenvalue weighted by molar-refractivity contribution is 8.21. The lowest BCUT2D eigenvalue weighted by Gasteiger charge is -1.97. The lowest BCUT2D eigenvalue weighted by Crippen LogP contribution is -1.76. The second kappa shape index (κ2) is 3.33. The first-order valence-corrected chi connectivity index (χ1v) is 5.18. The van der Waals surface area contributed by atoms with Gasteiger partial charge in [-0.3, -0.25) is 4.98 Å². The number of hydrogen-bond acceptors (Lipinski definition) is 2. The van der Waals surface area contributed by atoms with E-state index in [0.717, 1.165) is 15.8 Å². The Kier molecular flexibility index (Phi) is 2.19. The Morgan fingerprint density at radius 1 is 1.25 bits per heavy atom. The van der Waals surface area contributed by atoms with Crippen LogP contribution >= 0.6 is 21.7 Å². The maximum atomic E-state index is 5.62. The molecule has 2 rings (SSSR count). The first-order valence-electron chi connectivity index (χ1n) is 3.53. The van der Waals surface area contributed by atoms with E-state index < -0.39 is 0 Å². The first kappa shape index (κ1) is 7.90. The van der Waals surface area contributed by atoms with E-state index in [9.17, 15) is 0 Å². The van der Waals surface area contributed by atoms with E-state index in [4.69, 9.17) is 10.7 Å². The first-order chi connectivity index (χ1) is 5.90. The second-order valence-electron chi connectivity index (χ2n) is 2.44. The van der Waals surface area contributed by atoms with Gasteiger partial charge in [-0.1, -0.05) is 6.07 Å². The largest absolute Gasteiger partial charge is 0.256 e. The van der Waals surface area contributed by atoms with Crippen molar-refractivity contribution < 1.29 is 0 Å². The smallest absolute Gasteiger partial charge is 0.0702 e. The van der Waals surface area contributed by atoms with E-state index in [1.54, 1.807) is 6.20 Å². The van der Waals surface area contributed by atoms with E-state index >= 15 is 0 Å². The Morgan fingerprint density at radius 3 is 3.00 bits per heavy atom. The Bertz CT molecular complexity index is 402. The Balaban J connectivity index is 2.67. The molecule has 0 atom stereocenters. The molecule has 60 valence electrons. The Morgan fingerprint density at radius 2 is 2.17 bits per heavy atom. The lowest BCUT2D eigenvalue weighted by atomic mass is 10.2. The van der Waals surface area contributed by atoms with Gasteiger partial charge < -0.3 is 0 Å². The van der Waals surface area contributed by atoms with Crippen LogP contribution in [0.5, 0.6) is 0 Å². The van der Waals surface area contributed by atoms with Gasteiger partial charge in [0, 0.05) is 16.5 Å². The predicted molar refractivity (Wildman–Crippen MR) is 53.5 cm³/mol. The van der Waals surface area contributed by atoms with Gasteiger partial charge in [0.25, 0.3) is 0 Å². The van der Waals surface area contributed by atoms with E-state index in [1.807, 2.05) is 30.3 Å². The van der Waals surface area contributed by atoms with E-state index in [-0.39, 0.29) is 0 Å². The maximum Gasteiger partial charge on any atom is 0.0702 e. The molecule has 0 N–H and O–H groups in total. The zero-order valence-corrected chi connectivity index (χ0v) is 7.77. The molecule has 0 saturated heterocycles. The standard InChI is InChI=1S/C9H6ClNS/c10-12-8-3-4-9-7(6-8)2-1-5-11-9/h1-6H. The number of halogens is 1. The summed E-state index contributed by atoms with van der Waals surface area (Å²) in [6.45, 7) is 0. The van der Waals surface area contributed by atoms with Crippen molar-refractivity contribution in [2.75, 3.05) is 0 Å². The molecule has 3 heteroatoms. The molecule has 1 nitrogen and oxygen atoms in total. The highest BCUT2D eigenvalue weighted by Gasteiger charge is 1.94. The van der Waals surface area contributed by atoms with E-state index in [1.165, 1.54) is 11.0 Å². The van der Waals surface area contributed by atoms with Crippen molar-refractivity contribution in [3.05, 3.63) is 36.5 Å². The summed E-state index contributed by atoms with van der Waals surface area (Å²) in [5.74, 6) is 0. The molecule has 0 fully saturated rings. The molecule has 0 unspecified atom stereocenters. The molecule has 12 heavy (non-hydrogen) atoms. The molecule has 0 aliphatic heterocycles. The SMILES string of the molecule is ClSc1ccc2ncccc2c1. The van der Waals surface area contributed by atoms with E-state index in [0.29, 0.717) is 0 Å². The van der Waals surface area contributed by atoms with Crippen molar-refractivity contribution in [3.63, 3.8) is 0 Å². The van der Waals surface area contributed by atoms with Crippen LogP contribution in [0.3, 0.4) is 0 Å². The molecule has 2 aromatic rings. The van der Waals surface area contributed by atoms with Gasteiger partial charge in [-0.15, -0.1) is 0 Å². The second-order valence-corrected chi connectivity index (χ2v) is 3.52. The molecule has 0 bridgehead atoms. The summed E-state index contributed by atoms with van der Waals surface area (Å²) in [6.07, 6.45) is 1.79. The third kappa shape index (κ3) is 1.40. The van der Waals surface area contributed by atoms with Gasteiger partial charge in [-0.05, 0) is 45.9 Å². The van der Waals surface area contributed by atoms with Crippen LogP contribution in [0.2, 0.25) is 0 Å². The van der Waals surface area contributed by atoms with Gasteiger partial charge in [-0.25, -0.2) is 0 Å². The van der Waals surface area contributed by atoms with Crippen LogP contribution in [0.15, 0.2) is 41.4 Å². The summed E-state index contributed by atoms with van der Waals surface area (Å²) in [4.78, 5) is 5.26. The summed E-state index contributed by atoms with van der Waals surface area (Å²) in [6, 6.07) is 9.91. The van der Waals surface area contributed by atoms with Crippen molar-refractivity contribution in [2.45, 2.75) is 4.90 Å². The molecule has 1 heterocycles. The summed E-state index contributed by atoms with van der Waals surface area (Å²) in [7, 11) is 6.85. The van der Waals surface area contributed by atoms with Gasteiger partial charge >= 0.3 is 0 Å². The van der Waals surface area contributed by atoms with E-state index in [2.05, 4.69) is 4.98 Å². The normalized spacial score (nSPS) is 10.4. The number of aromatic nitrogens is 1. The average molecular weight is 196 g/mol. The van der Waals surface area contributed by atoms with Crippen LogP contribution in [-0.4, -0.2) is 4.98 Å². The quantitative estimate of drug-likeness (QED) is 0.691. The Labute approximate surface area is 79.3 Å². The van der Waals surface area contributed by atoms with Crippen LogP contribution < -0.4 is 0 Å². The predicted octanol–water partition coefficient (Wildman–Crippen LogP) is 3.48. The van der Waals surface area contributed by atoms with Crippen molar-refractivity contribution in [2.24, 2.45) is 0 Å². The zero-order valence-electron chi connectivity index (χ0n) is 6.20. The molecule has 0 amide bonds. The van der Waals surface area contributed by atoms with Crippen LogP contribution in [0.4, 0.5) is 0 Å². The van der Waals surface area contributed by atoms with Gasteiger partial charge in [-0.2, -0.15) is 0 Å². The molecule has 0 aliphatic carbocycles. The number of benzene rings is 1. The monoisotopic (exact) mass is 195 g/mol. The summed E-state index contributed by atoms with van der Waals surface area (Å²) < 4.78 is 0. The highest BCUT2D eigenvalue weighted by Crippen LogP contribution is 2.24. The molecular formula is C9H6ClNS. The lowest BCUT2D eigenvalue weighted by molar-refractivity contribution is 1.39. The van der Waals surface area contributed by atoms with Crippen molar-refractivity contribution in [1.29, 1.82) is 0 Å². The van der Waals surface area contributed by atoms with Gasteiger partial charge in [0.05, 0.1) is 5.52 Å². The number of nitrogens with zero attached hydrogens (tertiary/aromatic N) is 1. The zero-order chi connectivity index (χ0) is 8.39. The van der Waals surface area contributed by atoms with Crippen molar-refractivity contribution >= 4 is 32.6 Å². The molecule has 0 radical (unpaired) electrons. The van der Waals surface area contributed by atoms with Crippen LogP contribution in [0, 0.1) is 0 Å². The van der Waals surface area contributed by atoms with Crippen LogP contribution in [-0.2, 0) is 0 Å². The van der Waals surface area contributed by atoms with Gasteiger partial charge in [0.15, 0.2) is 0 Å². The molecular weight excluding hydrogens is 190 g/mol. The fourth-order valence-electron chi connectivity index (χ4n) is 1.10. The van der Waals surface area contributed by atoms with Gasteiger partial charge in [0.1, 0.15) is 0 Å². The number of rotatable bonds is 1. The average Bonchev–Trinajstić information content (AvgIpc) is 2.17. The molecule has 1 aromatic carbocycles. The minimum Gasteiger partial charge on any atom is -0.256 e. The highest BCUT2D eigenvalue weighted by atomic mass is 35.7. The number of pyridine rings is 1. The third-order valence-electron chi connectivity index (χ3n) is 1.66. The fourth-order valence-corrected chi connectivity index (χ4v) is 1.68. The van der Waals surface area contributed by atoms with Crippen LogP contribution in [0.1, 0.15) is 0 Å². The van der Waals surface area contributed by atoms with Crippen molar-refractivity contribution in [1.82, 2.24) is 4.98 Å². The molecule has 0 saturated carbocycles. The number of hydrogen-bond donors (Lipinski definition) is 0. The fraction of sp³-hybridized carbons (Fsp3) is 0. The van der Waals surface area contributed by atoms with Crippen molar-refractivity contribution in [3.8, 4) is 0 Å². The Hall–Kier alpha value is -0.730. The molecule has 1 aromatic heterocycles. The maximum absolute atomic E-state index is 5.62. The summed E-state index contributed by atoms with van der Waals surface area (Å²) in [5.41, 5.74) is 1.01. The number of fused-ring (bicyclic) bond motifs is 1. The minimum atomic E-state index is 1.01. The summed E-state index contributed by atoms with van der Waals surface area (Å²) >= 11 is 0.